The summed E-state index contributed by atoms with van der Waals surface area (Å²) in [7, 11) is 0. The Hall–Kier alpha value is -1.81. The lowest BCUT2D eigenvalue weighted by Crippen LogP contribution is -2.59. The molecule has 0 aromatic heterocycles. The zero-order chi connectivity index (χ0) is 18.1. The molecule has 2 heterocycles. The minimum Gasteiger partial charge on any atom is -0.463 e. The van der Waals surface area contributed by atoms with E-state index in [1.54, 1.807) is 0 Å². The molecular weight excluding hydrogens is 324 g/mol. The highest BCUT2D eigenvalue weighted by Gasteiger charge is 2.57. The van der Waals surface area contributed by atoms with Gasteiger partial charge in [0.05, 0.1) is 18.2 Å². The highest BCUT2D eigenvalue weighted by atomic mass is 16.5. The van der Waals surface area contributed by atoms with E-state index in [1.807, 2.05) is 6.92 Å². The van der Waals surface area contributed by atoms with Gasteiger partial charge in [0.2, 0.25) is 0 Å². The van der Waals surface area contributed by atoms with Gasteiger partial charge in [0.25, 0.3) is 0 Å². The number of esters is 1. The molecule has 4 heteroatoms. The van der Waals surface area contributed by atoms with Gasteiger partial charge in [0.1, 0.15) is 0 Å². The monoisotopic (exact) mass is 354 g/mol. The topological polar surface area (TPSA) is 41.6 Å². The summed E-state index contributed by atoms with van der Waals surface area (Å²) >= 11 is 0. The summed E-state index contributed by atoms with van der Waals surface area (Å²) in [4.78, 5) is 15.3. The molecule has 1 spiro atoms. The highest BCUT2D eigenvalue weighted by molar-refractivity contribution is 5.92. The summed E-state index contributed by atoms with van der Waals surface area (Å²) in [5.41, 5.74) is 3.40. The van der Waals surface area contributed by atoms with Crippen LogP contribution in [0.5, 0.6) is 0 Å². The summed E-state index contributed by atoms with van der Waals surface area (Å²) in [6, 6.07) is 8.68. The van der Waals surface area contributed by atoms with E-state index in [1.165, 1.54) is 37.1 Å². The van der Waals surface area contributed by atoms with Crippen molar-refractivity contribution in [3.8, 4) is 0 Å². The molecule has 4 rings (SSSR count). The van der Waals surface area contributed by atoms with Crippen molar-refractivity contribution in [1.82, 2.24) is 4.90 Å². The Morgan fingerprint density at radius 2 is 2.19 bits per heavy atom. The number of rotatable bonds is 5. The van der Waals surface area contributed by atoms with Gasteiger partial charge in [-0.1, -0.05) is 37.6 Å². The zero-order valence-corrected chi connectivity index (χ0v) is 16.0. The molecule has 0 saturated carbocycles. The number of anilines is 1. The Morgan fingerprint density at radius 1 is 1.35 bits per heavy atom. The van der Waals surface area contributed by atoms with Gasteiger partial charge in [-0.3, -0.25) is 0 Å². The van der Waals surface area contributed by atoms with Crippen molar-refractivity contribution in [3.63, 3.8) is 0 Å². The average molecular weight is 354 g/mol. The van der Waals surface area contributed by atoms with Crippen LogP contribution in [0.25, 0.3) is 0 Å². The molecule has 2 aliphatic heterocycles. The van der Waals surface area contributed by atoms with Crippen molar-refractivity contribution in [2.24, 2.45) is 5.92 Å². The predicted octanol–water partition coefficient (Wildman–Crippen LogP) is 3.73. The number of nitrogens with zero attached hydrogens (tertiary/aromatic N) is 1. The number of benzene rings is 1. The molecule has 0 unspecified atom stereocenters. The number of unbranched alkanes of at least 4 members (excludes halogenated alkanes) is 1. The summed E-state index contributed by atoms with van der Waals surface area (Å²) in [5.74, 6) is 0.431. The third-order valence-electron chi connectivity index (χ3n) is 6.52. The predicted molar refractivity (Wildman–Crippen MR) is 104 cm³/mol. The van der Waals surface area contributed by atoms with Crippen LogP contribution in [0.2, 0.25) is 0 Å². The molecule has 140 valence electrons. The van der Waals surface area contributed by atoms with Gasteiger partial charge >= 0.3 is 5.97 Å². The van der Waals surface area contributed by atoms with Gasteiger partial charge < -0.3 is 15.0 Å². The number of carbonyl (C=O) groups excluding carboxylic acids is 1. The molecule has 1 aromatic carbocycles. The van der Waals surface area contributed by atoms with E-state index in [-0.39, 0.29) is 17.4 Å². The summed E-state index contributed by atoms with van der Waals surface area (Å²) in [6.07, 6.45) is 6.78. The molecule has 0 bridgehead atoms. The maximum Gasteiger partial charge on any atom is 0.335 e. The van der Waals surface area contributed by atoms with Crippen LogP contribution in [0.1, 0.15) is 45.1 Å². The number of fused-ring (bicyclic) bond motifs is 1. The second-order valence-electron chi connectivity index (χ2n) is 7.89. The zero-order valence-electron chi connectivity index (χ0n) is 16.0. The Kier molecular flexibility index (Phi) is 4.78. The SMILES string of the molecule is CCCCN1CC[C@H]2CC=C(C(=O)OCC)[C@@H]3Nc4ccccc4[C@]23C1. The Bertz CT molecular complexity index is 714. The number of allylic oxidation sites excluding steroid dienone is 1. The van der Waals surface area contributed by atoms with Crippen molar-refractivity contribution in [1.29, 1.82) is 0 Å². The van der Waals surface area contributed by atoms with Crippen LogP contribution in [0, 0.1) is 5.92 Å². The molecule has 1 N–H and O–H groups in total. The molecule has 4 nitrogen and oxygen atoms in total. The van der Waals surface area contributed by atoms with E-state index in [9.17, 15) is 4.79 Å². The third-order valence-corrected chi connectivity index (χ3v) is 6.52. The lowest BCUT2D eigenvalue weighted by molar-refractivity contribution is -0.139. The molecule has 3 atom stereocenters. The molecule has 3 aliphatic rings. The van der Waals surface area contributed by atoms with E-state index in [0.29, 0.717) is 12.5 Å². The minimum absolute atomic E-state index is 0.0145. The number of nitrogens with one attached hydrogen (secondary N) is 1. The molecule has 1 saturated heterocycles. The number of piperidine rings is 1. The molecular formula is C22H30N2O2. The van der Waals surface area contributed by atoms with E-state index < -0.39 is 0 Å². The maximum atomic E-state index is 12.7. The quantitative estimate of drug-likeness (QED) is 0.818. The van der Waals surface area contributed by atoms with Gasteiger partial charge in [-0.15, -0.1) is 0 Å². The molecule has 1 aromatic rings. The number of hydrogen-bond acceptors (Lipinski definition) is 4. The second kappa shape index (κ2) is 7.07. The fraction of sp³-hybridized carbons (Fsp3) is 0.591. The number of ether oxygens (including phenoxy) is 1. The fourth-order valence-corrected chi connectivity index (χ4v) is 5.32. The van der Waals surface area contributed by atoms with Crippen molar-refractivity contribution in [2.45, 2.75) is 51.0 Å². The van der Waals surface area contributed by atoms with Crippen molar-refractivity contribution in [2.75, 3.05) is 31.6 Å². The van der Waals surface area contributed by atoms with Crippen LogP contribution in [-0.4, -0.2) is 43.2 Å². The van der Waals surface area contributed by atoms with Crippen molar-refractivity contribution < 1.29 is 9.53 Å². The molecule has 1 aliphatic carbocycles. The van der Waals surface area contributed by atoms with E-state index >= 15 is 0 Å². The first kappa shape index (κ1) is 17.6. The number of carbonyl (C=O) groups is 1. The Labute approximate surface area is 156 Å². The summed E-state index contributed by atoms with van der Waals surface area (Å²) in [6.45, 7) is 7.91. The van der Waals surface area contributed by atoms with Crippen LogP contribution < -0.4 is 5.32 Å². The van der Waals surface area contributed by atoms with Crippen LogP contribution in [0.15, 0.2) is 35.9 Å². The number of likely N-dealkylation sites (tertiary alicyclic amines) is 1. The smallest absolute Gasteiger partial charge is 0.335 e. The summed E-state index contributed by atoms with van der Waals surface area (Å²) in [5, 5.41) is 3.70. The number of para-hydroxylation sites is 1. The normalized spacial score (nSPS) is 29.8. The number of hydrogen-bond donors (Lipinski definition) is 1. The van der Waals surface area contributed by atoms with Gasteiger partial charge in [0, 0.05) is 17.6 Å². The fourth-order valence-electron chi connectivity index (χ4n) is 5.32. The first-order valence-electron chi connectivity index (χ1n) is 10.2. The average Bonchev–Trinajstić information content (AvgIpc) is 2.99. The lowest BCUT2D eigenvalue weighted by atomic mass is 9.58. The van der Waals surface area contributed by atoms with Gasteiger partial charge in [-0.2, -0.15) is 0 Å². The lowest BCUT2D eigenvalue weighted by Gasteiger charge is -2.51. The second-order valence-corrected chi connectivity index (χ2v) is 7.89. The molecule has 26 heavy (non-hydrogen) atoms. The molecule has 1 fully saturated rings. The van der Waals surface area contributed by atoms with E-state index in [2.05, 4.69) is 47.5 Å². The van der Waals surface area contributed by atoms with Crippen LogP contribution in [0.3, 0.4) is 0 Å². The largest absolute Gasteiger partial charge is 0.463 e. The van der Waals surface area contributed by atoms with Gasteiger partial charge in [-0.25, -0.2) is 4.79 Å². The maximum absolute atomic E-state index is 12.7. The highest BCUT2D eigenvalue weighted by Crippen LogP contribution is 2.55. The van der Waals surface area contributed by atoms with E-state index in [0.717, 1.165) is 25.1 Å². The standard InChI is InChI=1S/C22H30N2O2/c1-3-5-13-24-14-12-16-10-11-17(21(25)26-4-2)20-22(16,15-24)18-8-6-7-9-19(18)23-20/h6-9,11,16,20,23H,3-5,10,12-15H2,1-2H3/t16-,20+,22+/m1/s1. The third kappa shape index (κ3) is 2.66. The molecule has 0 radical (unpaired) electrons. The van der Waals surface area contributed by atoms with Crippen LogP contribution in [-0.2, 0) is 14.9 Å². The minimum atomic E-state index is -0.152. The Morgan fingerprint density at radius 3 is 3.00 bits per heavy atom. The van der Waals surface area contributed by atoms with Crippen LogP contribution in [0.4, 0.5) is 5.69 Å². The first-order chi connectivity index (χ1) is 12.7. The van der Waals surface area contributed by atoms with Crippen molar-refractivity contribution in [3.05, 3.63) is 41.5 Å². The van der Waals surface area contributed by atoms with Gasteiger partial charge in [-0.05, 0) is 56.8 Å². The first-order valence-corrected chi connectivity index (χ1v) is 10.2. The van der Waals surface area contributed by atoms with Crippen LogP contribution >= 0.6 is 0 Å². The van der Waals surface area contributed by atoms with Gasteiger partial charge in [0.15, 0.2) is 0 Å². The van der Waals surface area contributed by atoms with E-state index in [4.69, 9.17) is 4.74 Å². The van der Waals surface area contributed by atoms with Crippen molar-refractivity contribution >= 4 is 11.7 Å². The summed E-state index contributed by atoms with van der Waals surface area (Å²) < 4.78 is 5.40. The molecule has 0 amide bonds. The Balaban J connectivity index is 1.75.